The second-order valence-corrected chi connectivity index (χ2v) is 12.2. The van der Waals surface area contributed by atoms with Gasteiger partial charge in [0.15, 0.2) is 12.1 Å². The van der Waals surface area contributed by atoms with Crippen molar-refractivity contribution >= 4 is 11.6 Å². The molecule has 1 fully saturated rings. The highest BCUT2D eigenvalue weighted by Gasteiger charge is 2.50. The van der Waals surface area contributed by atoms with Crippen molar-refractivity contribution in [3.05, 3.63) is 87.5 Å². The van der Waals surface area contributed by atoms with Gasteiger partial charge in [-0.05, 0) is 18.6 Å². The lowest BCUT2D eigenvalue weighted by molar-refractivity contribution is -0.254. The fraction of sp³-hybridized carbons (Fsp3) is 0.412. The number of ether oxygens (including phenoxy) is 3. The minimum Gasteiger partial charge on any atom is -0.507 e. The number of hydrogen-bond acceptors (Lipinski definition) is 12. The molecule has 0 bridgehead atoms. The Kier molecular flexibility index (Phi) is 8.63. The highest BCUT2D eigenvalue weighted by Crippen LogP contribution is 2.53. The molecule has 1 aliphatic heterocycles. The van der Waals surface area contributed by atoms with Crippen LogP contribution in [0, 0.1) is 0 Å². The second-order valence-electron chi connectivity index (χ2n) is 12.2. The number of nitrogens with one attached hydrogen (secondary N) is 1. The maximum absolute atomic E-state index is 13.9. The van der Waals surface area contributed by atoms with Gasteiger partial charge in [0.25, 0.3) is 0 Å². The first-order valence-electron chi connectivity index (χ1n) is 15.1. The third kappa shape index (κ3) is 5.35. The summed E-state index contributed by atoms with van der Waals surface area (Å²) < 4.78 is 17.6. The number of methoxy groups -OCH3 is 1. The first kappa shape index (κ1) is 32.1. The number of carbonyl (C=O) groups excluding carboxylic acids is 2. The lowest BCUT2D eigenvalue weighted by Crippen LogP contribution is -2.54. The highest BCUT2D eigenvalue weighted by molar-refractivity contribution is 6.31. The Bertz CT molecular complexity index is 1660. The summed E-state index contributed by atoms with van der Waals surface area (Å²) in [6.07, 6.45) is -6.24. The van der Waals surface area contributed by atoms with Crippen LogP contribution in [0.4, 0.5) is 0 Å². The molecule has 12 nitrogen and oxygen atoms in total. The zero-order valence-corrected chi connectivity index (χ0v) is 25.3. The molecule has 3 aliphatic rings. The van der Waals surface area contributed by atoms with Crippen molar-refractivity contribution in [2.45, 2.75) is 75.1 Å². The lowest BCUT2D eigenvalue weighted by Gasteiger charge is -2.44. The van der Waals surface area contributed by atoms with Gasteiger partial charge in [-0.15, -0.1) is 0 Å². The Hall–Kier alpha value is -3.88. The molecule has 12 heteroatoms. The normalized spacial score (nSPS) is 27.8. The van der Waals surface area contributed by atoms with Gasteiger partial charge in [-0.25, -0.2) is 0 Å². The van der Waals surface area contributed by atoms with Crippen molar-refractivity contribution in [1.82, 2.24) is 5.32 Å². The van der Waals surface area contributed by atoms with Crippen molar-refractivity contribution in [2.24, 2.45) is 0 Å². The molecule has 244 valence electrons. The van der Waals surface area contributed by atoms with Crippen molar-refractivity contribution in [3.63, 3.8) is 0 Å². The zero-order valence-electron chi connectivity index (χ0n) is 25.3. The molecule has 0 aromatic heterocycles. The van der Waals surface area contributed by atoms with Crippen LogP contribution in [0.3, 0.4) is 0 Å². The predicted molar refractivity (Wildman–Crippen MR) is 162 cm³/mol. The van der Waals surface area contributed by atoms with E-state index in [-0.39, 0.29) is 40.8 Å². The zero-order chi connectivity index (χ0) is 32.9. The summed E-state index contributed by atoms with van der Waals surface area (Å²) in [4.78, 5) is 27.5. The molecular formula is C34H37NO11. The van der Waals surface area contributed by atoms with E-state index in [1.54, 1.807) is 6.92 Å². The fourth-order valence-electron chi connectivity index (χ4n) is 6.86. The van der Waals surface area contributed by atoms with E-state index >= 15 is 0 Å². The third-order valence-corrected chi connectivity index (χ3v) is 9.33. The van der Waals surface area contributed by atoms with E-state index in [1.165, 1.54) is 25.3 Å². The van der Waals surface area contributed by atoms with E-state index in [4.69, 9.17) is 14.2 Å². The largest absolute Gasteiger partial charge is 0.507 e. The molecule has 3 aromatic carbocycles. The first-order valence-corrected chi connectivity index (χ1v) is 15.1. The number of phenols is 2. The van der Waals surface area contributed by atoms with Crippen molar-refractivity contribution in [3.8, 4) is 17.2 Å². The van der Waals surface area contributed by atoms with Gasteiger partial charge >= 0.3 is 0 Å². The van der Waals surface area contributed by atoms with Gasteiger partial charge in [-0.2, -0.15) is 0 Å². The minimum atomic E-state index is -2.06. The number of hydrogen-bond donors (Lipinski definition) is 7. The third-order valence-electron chi connectivity index (χ3n) is 9.33. The van der Waals surface area contributed by atoms with Crippen LogP contribution in [0.1, 0.15) is 74.4 Å². The standard InChI is InChI=1S/C34H37NO11/c1-16-29(38)20(35-14-17-7-4-3-5-8-17)11-24(45-16)46-22-13-34(43,23(37)15-36)12-19-26(22)33(42)28-27(31(19)40)30(39)18-9-6-10-21(44-2)25(18)32(28)41/h3-10,16,20,22-24,29,35-38,40,42-43H,11-15H2,1-2H3/t16?,20?,22-,23?,24?,29?,34-/m0/s1. The summed E-state index contributed by atoms with van der Waals surface area (Å²) >= 11 is 0. The minimum absolute atomic E-state index is 0.0297. The Morgan fingerprint density at radius 1 is 1.02 bits per heavy atom. The number of ketones is 2. The van der Waals surface area contributed by atoms with Crippen molar-refractivity contribution in [2.75, 3.05) is 13.7 Å². The quantitative estimate of drug-likeness (QED) is 0.139. The van der Waals surface area contributed by atoms with Crippen LogP contribution in [-0.4, -0.2) is 92.2 Å². The van der Waals surface area contributed by atoms with Crippen LogP contribution >= 0.6 is 0 Å². The fourth-order valence-corrected chi connectivity index (χ4v) is 6.86. The molecule has 0 amide bonds. The molecule has 1 heterocycles. The maximum Gasteiger partial charge on any atom is 0.202 e. The second kappa shape index (κ2) is 12.4. The molecule has 3 aromatic rings. The number of benzene rings is 3. The van der Waals surface area contributed by atoms with Crippen LogP contribution in [0.25, 0.3) is 0 Å². The number of aliphatic hydroxyl groups excluding tert-OH is 3. The summed E-state index contributed by atoms with van der Waals surface area (Å²) in [6, 6.07) is 13.6. The summed E-state index contributed by atoms with van der Waals surface area (Å²) in [7, 11) is 1.34. The molecule has 5 unspecified atom stereocenters. The van der Waals surface area contributed by atoms with Crippen LogP contribution < -0.4 is 10.1 Å². The average molecular weight is 636 g/mol. The molecule has 0 saturated carbocycles. The molecular weight excluding hydrogens is 598 g/mol. The molecule has 6 rings (SSSR count). The van der Waals surface area contributed by atoms with Gasteiger partial charge in [0.05, 0.1) is 54.3 Å². The highest BCUT2D eigenvalue weighted by atomic mass is 16.7. The number of fused-ring (bicyclic) bond motifs is 3. The van der Waals surface area contributed by atoms with Gasteiger partial charge < -0.3 is 50.2 Å². The Balaban J connectivity index is 1.40. The number of aliphatic hydroxyl groups is 4. The summed E-state index contributed by atoms with van der Waals surface area (Å²) in [6.45, 7) is 1.31. The number of rotatable bonds is 8. The summed E-state index contributed by atoms with van der Waals surface area (Å²) in [5, 5.41) is 69.5. The Labute approximate surface area is 264 Å². The van der Waals surface area contributed by atoms with E-state index in [0.29, 0.717) is 6.54 Å². The van der Waals surface area contributed by atoms with Gasteiger partial charge in [-0.1, -0.05) is 42.5 Å². The van der Waals surface area contributed by atoms with E-state index in [1.807, 2.05) is 30.3 Å². The molecule has 0 spiro atoms. The van der Waals surface area contributed by atoms with E-state index < -0.39 is 89.6 Å². The van der Waals surface area contributed by atoms with E-state index in [0.717, 1.165) is 5.56 Å². The average Bonchev–Trinajstić information content (AvgIpc) is 3.05. The Morgan fingerprint density at radius 2 is 1.74 bits per heavy atom. The summed E-state index contributed by atoms with van der Waals surface area (Å²) in [5.74, 6) is -2.64. The van der Waals surface area contributed by atoms with Crippen LogP contribution in [0.15, 0.2) is 48.5 Å². The number of carbonyl (C=O) groups is 2. The Morgan fingerprint density at radius 3 is 2.43 bits per heavy atom. The molecule has 1 saturated heterocycles. The molecule has 2 aliphatic carbocycles. The molecule has 0 radical (unpaired) electrons. The molecule has 7 atom stereocenters. The van der Waals surface area contributed by atoms with Gasteiger partial charge in [0.2, 0.25) is 5.78 Å². The SMILES string of the molecule is COc1cccc2c1C(=O)c1c(O)c3c(c(O)c1C2=O)C[C@@](O)(C(O)CO)C[C@@H]3OC1CC(NCc2ccccc2)C(O)C(C)O1. The van der Waals surface area contributed by atoms with Crippen LogP contribution in [0.2, 0.25) is 0 Å². The van der Waals surface area contributed by atoms with E-state index in [9.17, 15) is 40.2 Å². The number of phenolic OH excluding ortho intramolecular Hbond substituents is 2. The molecule has 46 heavy (non-hydrogen) atoms. The predicted octanol–water partition coefficient (Wildman–Crippen LogP) is 1.62. The topological polar surface area (TPSA) is 195 Å². The van der Waals surface area contributed by atoms with E-state index in [2.05, 4.69) is 5.32 Å². The van der Waals surface area contributed by atoms with Crippen LogP contribution in [0.5, 0.6) is 17.2 Å². The van der Waals surface area contributed by atoms with Gasteiger partial charge in [0.1, 0.15) is 23.4 Å². The van der Waals surface area contributed by atoms with Crippen molar-refractivity contribution < 1.29 is 54.4 Å². The smallest absolute Gasteiger partial charge is 0.202 e. The monoisotopic (exact) mass is 635 g/mol. The first-order chi connectivity index (χ1) is 22.0. The van der Waals surface area contributed by atoms with Gasteiger partial charge in [0, 0.05) is 48.5 Å². The maximum atomic E-state index is 13.9. The van der Waals surface area contributed by atoms with Crippen LogP contribution in [-0.2, 0) is 22.4 Å². The number of aromatic hydroxyl groups is 2. The lowest BCUT2D eigenvalue weighted by atomic mass is 9.71. The van der Waals surface area contributed by atoms with Crippen molar-refractivity contribution in [1.29, 1.82) is 0 Å². The van der Waals surface area contributed by atoms with Gasteiger partial charge in [-0.3, -0.25) is 9.59 Å². The summed E-state index contributed by atoms with van der Waals surface area (Å²) in [5.41, 5.74) is -2.20. The molecule has 7 N–H and O–H groups in total.